The van der Waals surface area contributed by atoms with Crippen LogP contribution < -0.4 is 14.3 Å². The first-order valence-corrected chi connectivity index (χ1v) is 13.5. The molecule has 4 rings (SSSR count). The minimum atomic E-state index is -3.59. The Morgan fingerprint density at radius 3 is 2.29 bits per heavy atom. The van der Waals surface area contributed by atoms with E-state index in [0.717, 1.165) is 35.9 Å². The third kappa shape index (κ3) is 5.12. The number of ether oxygens (including phenoxy) is 2. The first-order valence-electron chi connectivity index (χ1n) is 11.3. The second kappa shape index (κ2) is 10.6. The van der Waals surface area contributed by atoms with E-state index in [0.29, 0.717) is 35.0 Å². The van der Waals surface area contributed by atoms with Gasteiger partial charge in [-0.25, -0.2) is 8.42 Å². The molecule has 0 N–H and O–H groups in total. The summed E-state index contributed by atoms with van der Waals surface area (Å²) in [5.41, 5.74) is 1.07. The summed E-state index contributed by atoms with van der Waals surface area (Å²) in [6.45, 7) is 1.26. The number of thiazole rings is 1. The molecule has 2 aromatic carbocycles. The fourth-order valence-electron chi connectivity index (χ4n) is 4.08. The molecule has 0 aliphatic carbocycles. The summed E-state index contributed by atoms with van der Waals surface area (Å²) in [4.78, 5) is 17.9. The molecule has 0 bridgehead atoms. The van der Waals surface area contributed by atoms with Crippen molar-refractivity contribution in [3.8, 4) is 23.8 Å². The second-order valence-electron chi connectivity index (χ2n) is 8.11. The Morgan fingerprint density at radius 1 is 1.06 bits per heavy atom. The number of hydrogen-bond acceptors (Lipinski definition) is 6. The highest BCUT2D eigenvalue weighted by Crippen LogP contribution is 2.33. The number of benzene rings is 2. The van der Waals surface area contributed by atoms with Crippen LogP contribution in [-0.2, 0) is 16.6 Å². The quantitative estimate of drug-likeness (QED) is 0.469. The van der Waals surface area contributed by atoms with Crippen molar-refractivity contribution in [1.82, 2.24) is 8.87 Å². The van der Waals surface area contributed by atoms with E-state index in [4.69, 9.17) is 15.9 Å². The van der Waals surface area contributed by atoms with Crippen molar-refractivity contribution in [3.63, 3.8) is 0 Å². The minimum Gasteiger partial charge on any atom is -0.493 e. The van der Waals surface area contributed by atoms with Gasteiger partial charge in [0.25, 0.3) is 5.91 Å². The number of rotatable bonds is 6. The summed E-state index contributed by atoms with van der Waals surface area (Å²) < 4.78 is 40.9. The molecule has 10 heteroatoms. The van der Waals surface area contributed by atoms with E-state index in [-0.39, 0.29) is 11.4 Å². The fourth-order valence-corrected chi connectivity index (χ4v) is 6.63. The molecule has 1 fully saturated rings. The molecule has 3 aromatic rings. The molecule has 35 heavy (non-hydrogen) atoms. The van der Waals surface area contributed by atoms with Crippen molar-refractivity contribution in [2.75, 3.05) is 27.3 Å². The number of sulfonamides is 1. The van der Waals surface area contributed by atoms with Gasteiger partial charge in [-0.05, 0) is 37.1 Å². The van der Waals surface area contributed by atoms with Crippen LogP contribution in [0.25, 0.3) is 10.2 Å². The van der Waals surface area contributed by atoms with Gasteiger partial charge in [-0.1, -0.05) is 30.1 Å². The lowest BCUT2D eigenvalue weighted by Gasteiger charge is -2.19. The Hall–Kier alpha value is -3.13. The number of methoxy groups -OCH3 is 2. The predicted molar refractivity (Wildman–Crippen MR) is 135 cm³/mol. The van der Waals surface area contributed by atoms with Crippen LogP contribution in [0.2, 0.25) is 0 Å². The number of carbonyl (C=O) groups excluding carboxylic acids is 1. The van der Waals surface area contributed by atoms with Gasteiger partial charge in [-0.15, -0.1) is 6.42 Å². The van der Waals surface area contributed by atoms with Gasteiger partial charge < -0.3 is 14.0 Å². The van der Waals surface area contributed by atoms with Crippen LogP contribution in [0.5, 0.6) is 11.5 Å². The molecule has 1 saturated heterocycles. The number of fused-ring (bicyclic) bond motifs is 1. The lowest BCUT2D eigenvalue weighted by molar-refractivity contribution is 0.0998. The maximum absolute atomic E-state index is 13.0. The molecule has 1 amide bonds. The molecule has 184 valence electrons. The van der Waals surface area contributed by atoms with Gasteiger partial charge in [0.05, 0.1) is 35.9 Å². The van der Waals surface area contributed by atoms with Gasteiger partial charge in [-0.2, -0.15) is 9.30 Å². The van der Waals surface area contributed by atoms with E-state index in [9.17, 15) is 13.2 Å². The largest absolute Gasteiger partial charge is 0.493 e. The molecule has 0 saturated carbocycles. The normalized spacial score (nSPS) is 15.5. The monoisotopic (exact) mass is 513 g/mol. The van der Waals surface area contributed by atoms with Crippen molar-refractivity contribution in [2.45, 2.75) is 37.1 Å². The third-order valence-electron chi connectivity index (χ3n) is 5.94. The van der Waals surface area contributed by atoms with Crippen molar-refractivity contribution in [2.24, 2.45) is 4.99 Å². The molecule has 0 unspecified atom stereocenters. The molecule has 1 aliphatic rings. The van der Waals surface area contributed by atoms with Crippen molar-refractivity contribution in [3.05, 3.63) is 46.8 Å². The average Bonchev–Trinajstić information content (AvgIpc) is 3.03. The topological polar surface area (TPSA) is 90.2 Å². The van der Waals surface area contributed by atoms with E-state index in [1.54, 1.807) is 24.9 Å². The molecule has 1 aromatic heterocycles. The number of aromatic nitrogens is 1. The van der Waals surface area contributed by atoms with E-state index in [1.807, 2.05) is 6.07 Å². The number of hydrogen-bond donors (Lipinski definition) is 0. The molecular weight excluding hydrogens is 486 g/mol. The number of terminal acetylenes is 1. The molecule has 2 heterocycles. The zero-order valence-corrected chi connectivity index (χ0v) is 21.3. The van der Waals surface area contributed by atoms with Gasteiger partial charge in [0.2, 0.25) is 10.0 Å². The molecule has 0 atom stereocenters. The molecule has 8 nitrogen and oxygen atoms in total. The minimum absolute atomic E-state index is 0.180. The Morgan fingerprint density at radius 2 is 1.69 bits per heavy atom. The Balaban J connectivity index is 1.67. The van der Waals surface area contributed by atoms with Crippen LogP contribution in [0.4, 0.5) is 0 Å². The number of amides is 1. The zero-order valence-electron chi connectivity index (χ0n) is 19.7. The van der Waals surface area contributed by atoms with E-state index >= 15 is 0 Å². The average molecular weight is 514 g/mol. The summed E-state index contributed by atoms with van der Waals surface area (Å²) in [7, 11) is -0.485. The highest BCUT2D eigenvalue weighted by Gasteiger charge is 2.25. The maximum atomic E-state index is 13.0. The van der Waals surface area contributed by atoms with Gasteiger partial charge in [0.1, 0.15) is 0 Å². The first kappa shape index (κ1) is 25.0. The van der Waals surface area contributed by atoms with Gasteiger partial charge >= 0.3 is 0 Å². The summed E-state index contributed by atoms with van der Waals surface area (Å²) >= 11 is 1.31. The Kier molecular flexibility index (Phi) is 7.60. The van der Waals surface area contributed by atoms with Crippen LogP contribution in [0.3, 0.4) is 0 Å². The zero-order chi connectivity index (χ0) is 25.0. The van der Waals surface area contributed by atoms with E-state index in [1.165, 1.54) is 39.9 Å². The van der Waals surface area contributed by atoms with Crippen molar-refractivity contribution >= 4 is 37.5 Å². The molecule has 0 spiro atoms. The van der Waals surface area contributed by atoms with E-state index < -0.39 is 15.9 Å². The summed E-state index contributed by atoms with van der Waals surface area (Å²) in [6.07, 6.45) is 9.37. The lowest BCUT2D eigenvalue weighted by Crippen LogP contribution is -2.31. The van der Waals surface area contributed by atoms with Crippen LogP contribution in [0.1, 0.15) is 36.0 Å². The molecule has 1 aliphatic heterocycles. The van der Waals surface area contributed by atoms with Gasteiger partial charge in [-0.3, -0.25) is 4.79 Å². The summed E-state index contributed by atoms with van der Waals surface area (Å²) in [6, 6.07) is 9.56. The SMILES string of the molecule is C#CCn1c(=NC(=O)c2ccc(S(=O)(=O)N3CCCCCC3)cc2)sc2cc(OC)c(OC)cc21. The lowest BCUT2D eigenvalue weighted by atomic mass is 10.2. The summed E-state index contributed by atoms with van der Waals surface area (Å²) in [5, 5.41) is 0. The van der Waals surface area contributed by atoms with E-state index in [2.05, 4.69) is 10.9 Å². The third-order valence-corrected chi connectivity index (χ3v) is 8.89. The Labute approximate surface area is 208 Å². The maximum Gasteiger partial charge on any atom is 0.279 e. The van der Waals surface area contributed by atoms with Crippen molar-refractivity contribution < 1.29 is 22.7 Å². The van der Waals surface area contributed by atoms with Crippen LogP contribution in [0, 0.1) is 12.3 Å². The van der Waals surface area contributed by atoms with Crippen LogP contribution >= 0.6 is 11.3 Å². The number of nitrogens with zero attached hydrogens (tertiary/aromatic N) is 3. The second-order valence-corrected chi connectivity index (χ2v) is 11.1. The first-order chi connectivity index (χ1) is 16.9. The number of carbonyl (C=O) groups is 1. The van der Waals surface area contributed by atoms with Gasteiger partial charge in [0, 0.05) is 30.8 Å². The standard InChI is InChI=1S/C25H27N3O5S2/c1-4-13-28-20-16-21(32-2)22(33-3)17-23(20)34-25(28)26-24(29)18-9-11-19(12-10-18)35(30,31)27-14-7-5-6-8-15-27/h1,9-12,16-17H,5-8,13-15H2,2-3H3. The predicted octanol–water partition coefficient (Wildman–Crippen LogP) is 3.66. The van der Waals surface area contributed by atoms with Crippen molar-refractivity contribution in [1.29, 1.82) is 0 Å². The van der Waals surface area contributed by atoms with Gasteiger partial charge in [0.15, 0.2) is 16.3 Å². The van der Waals surface area contributed by atoms with Crippen LogP contribution in [-0.4, -0.2) is 50.5 Å². The molecule has 0 radical (unpaired) electrons. The molecular formula is C25H27N3O5S2. The smallest absolute Gasteiger partial charge is 0.279 e. The fraction of sp³-hybridized carbons (Fsp3) is 0.360. The highest BCUT2D eigenvalue weighted by molar-refractivity contribution is 7.89. The van der Waals surface area contributed by atoms with Crippen LogP contribution in [0.15, 0.2) is 46.3 Å². The Bertz CT molecular complexity index is 1440. The summed E-state index contributed by atoms with van der Waals surface area (Å²) in [5.74, 6) is 3.22. The highest BCUT2D eigenvalue weighted by atomic mass is 32.2.